The molecule has 2 aromatic rings. The van der Waals surface area contributed by atoms with Gasteiger partial charge in [-0.1, -0.05) is 61.3 Å². The van der Waals surface area contributed by atoms with Crippen molar-refractivity contribution in [3.8, 4) is 0 Å². The molecule has 1 heterocycles. The number of morpholine rings is 1. The van der Waals surface area contributed by atoms with Crippen LogP contribution in [0.4, 0.5) is 0 Å². The second kappa shape index (κ2) is 11.3. The van der Waals surface area contributed by atoms with Crippen LogP contribution in [0.5, 0.6) is 0 Å². The Morgan fingerprint density at radius 1 is 1.05 bits per heavy atom. The Hall–Kier alpha value is -2.13. The molecule has 1 fully saturated rings. The highest BCUT2D eigenvalue weighted by Crippen LogP contribution is 2.45. The molecular formula is C27H33Cl2NO6S. The summed E-state index contributed by atoms with van der Waals surface area (Å²) in [6.07, 6.45) is -2.67. The van der Waals surface area contributed by atoms with Crippen LogP contribution in [0.3, 0.4) is 0 Å². The summed E-state index contributed by atoms with van der Waals surface area (Å²) in [5.41, 5.74) is 1.32. The fourth-order valence-electron chi connectivity index (χ4n) is 4.43. The molecule has 0 radical (unpaired) electrons. The summed E-state index contributed by atoms with van der Waals surface area (Å²) in [4.78, 5) is 27.1. The minimum Gasteiger partial charge on any atom is -0.481 e. The molecule has 0 aliphatic carbocycles. The van der Waals surface area contributed by atoms with Crippen molar-refractivity contribution in [1.82, 2.24) is 4.90 Å². The van der Waals surface area contributed by atoms with Crippen LogP contribution >= 0.6 is 23.2 Å². The summed E-state index contributed by atoms with van der Waals surface area (Å²) in [5, 5.41) is 10.5. The molecule has 1 saturated heterocycles. The molecule has 0 aromatic heterocycles. The molecule has 2 aromatic carbocycles. The minimum absolute atomic E-state index is 0.264. The lowest BCUT2D eigenvalue weighted by Crippen LogP contribution is -2.58. The maximum atomic E-state index is 13.9. The van der Waals surface area contributed by atoms with E-state index in [-0.39, 0.29) is 11.7 Å². The zero-order chi connectivity index (χ0) is 27.7. The number of carbonyl (C=O) groups excluding carboxylic acids is 1. The van der Waals surface area contributed by atoms with Gasteiger partial charge in [0.2, 0.25) is 0 Å². The van der Waals surface area contributed by atoms with E-state index in [1.807, 2.05) is 13.8 Å². The Bertz CT molecular complexity index is 1240. The van der Waals surface area contributed by atoms with Crippen molar-refractivity contribution in [2.45, 2.75) is 70.1 Å². The van der Waals surface area contributed by atoms with Crippen LogP contribution in [0, 0.1) is 5.92 Å². The predicted molar refractivity (Wildman–Crippen MR) is 145 cm³/mol. The molecule has 0 saturated carbocycles. The first kappa shape index (κ1) is 29.4. The highest BCUT2D eigenvalue weighted by Gasteiger charge is 2.49. The van der Waals surface area contributed by atoms with E-state index in [1.165, 1.54) is 4.90 Å². The summed E-state index contributed by atoms with van der Waals surface area (Å²) >= 11 is 12.4. The molecule has 37 heavy (non-hydrogen) atoms. The number of halogens is 2. The normalized spacial score (nSPS) is 21.8. The molecular weight excluding hydrogens is 537 g/mol. The van der Waals surface area contributed by atoms with Crippen molar-refractivity contribution in [3.63, 3.8) is 0 Å². The Balaban J connectivity index is 2.26. The quantitative estimate of drug-likeness (QED) is 0.436. The number of carboxylic acid groups (broad SMARTS) is 1. The first-order valence-electron chi connectivity index (χ1n) is 12.0. The van der Waals surface area contributed by atoms with Gasteiger partial charge in [-0.15, -0.1) is 0 Å². The smallest absolute Gasteiger partial charge is 0.306 e. The molecule has 10 heteroatoms. The Labute approximate surface area is 228 Å². The number of hydrogen-bond acceptors (Lipinski definition) is 5. The zero-order valence-electron chi connectivity index (χ0n) is 21.5. The molecule has 0 unspecified atom stereocenters. The van der Waals surface area contributed by atoms with Crippen LogP contribution in [0.25, 0.3) is 0 Å². The zero-order valence-corrected chi connectivity index (χ0v) is 23.8. The van der Waals surface area contributed by atoms with Gasteiger partial charge in [0.05, 0.1) is 23.0 Å². The van der Waals surface area contributed by atoms with Crippen molar-refractivity contribution in [2.24, 2.45) is 5.92 Å². The fraction of sp³-hybridized carbons (Fsp3) is 0.481. The highest BCUT2D eigenvalue weighted by atomic mass is 35.5. The number of amides is 1. The van der Waals surface area contributed by atoms with Gasteiger partial charge in [0.15, 0.2) is 9.84 Å². The molecule has 3 rings (SSSR count). The third-order valence-electron chi connectivity index (χ3n) is 6.63. The standard InChI is InChI=1S/C27H33Cl2NO6S/c1-16(2)21(15-37(34,35)27(3,4)5)30-24(17-9-11-19(28)12-10-17)25(18-7-6-8-20(29)13-18)36-22(26(30)33)14-23(31)32/h6-13,16,21-22,24-25H,14-15H2,1-5H3,(H,31,32)/t21-,22-,24+,25+/m0/s1. The predicted octanol–water partition coefficient (Wildman–Crippen LogP) is 5.72. The van der Waals surface area contributed by atoms with Gasteiger partial charge in [0.25, 0.3) is 5.91 Å². The van der Waals surface area contributed by atoms with Gasteiger partial charge in [-0.25, -0.2) is 8.42 Å². The van der Waals surface area contributed by atoms with Gasteiger partial charge in [0, 0.05) is 16.1 Å². The van der Waals surface area contributed by atoms with Crippen LogP contribution in [0.2, 0.25) is 10.0 Å². The third-order valence-corrected chi connectivity index (χ3v) is 9.76. The maximum absolute atomic E-state index is 13.9. The Morgan fingerprint density at radius 2 is 1.68 bits per heavy atom. The van der Waals surface area contributed by atoms with Crippen molar-refractivity contribution in [2.75, 3.05) is 5.75 Å². The minimum atomic E-state index is -3.65. The highest BCUT2D eigenvalue weighted by molar-refractivity contribution is 7.92. The van der Waals surface area contributed by atoms with Crippen molar-refractivity contribution < 1.29 is 27.9 Å². The molecule has 0 bridgehead atoms. The van der Waals surface area contributed by atoms with Gasteiger partial charge in [-0.3, -0.25) is 9.59 Å². The lowest BCUT2D eigenvalue weighted by atomic mass is 9.88. The van der Waals surface area contributed by atoms with E-state index < -0.39 is 57.2 Å². The van der Waals surface area contributed by atoms with Crippen molar-refractivity contribution in [1.29, 1.82) is 0 Å². The summed E-state index contributed by atoms with van der Waals surface area (Å²) < 4.78 is 31.9. The van der Waals surface area contributed by atoms with Crippen LogP contribution in [-0.4, -0.2) is 52.9 Å². The molecule has 1 aliphatic heterocycles. The second-order valence-electron chi connectivity index (χ2n) is 10.6. The first-order chi connectivity index (χ1) is 17.1. The number of ether oxygens (including phenoxy) is 1. The lowest BCUT2D eigenvalue weighted by Gasteiger charge is -2.49. The van der Waals surface area contributed by atoms with E-state index in [0.29, 0.717) is 21.2 Å². The Morgan fingerprint density at radius 3 is 2.19 bits per heavy atom. The van der Waals surface area contributed by atoms with E-state index >= 15 is 0 Å². The number of aliphatic carboxylic acids is 1. The fourth-order valence-corrected chi connectivity index (χ4v) is 6.25. The van der Waals surface area contributed by atoms with E-state index in [4.69, 9.17) is 27.9 Å². The largest absolute Gasteiger partial charge is 0.481 e. The number of carboxylic acids is 1. The van der Waals surface area contributed by atoms with Crippen LogP contribution < -0.4 is 0 Å². The lowest BCUT2D eigenvalue weighted by molar-refractivity contribution is -0.184. The number of nitrogens with zero attached hydrogens (tertiary/aromatic N) is 1. The summed E-state index contributed by atoms with van der Waals surface area (Å²) in [6.45, 7) is 8.58. The summed E-state index contributed by atoms with van der Waals surface area (Å²) in [6, 6.07) is 12.4. The monoisotopic (exact) mass is 569 g/mol. The number of sulfone groups is 1. The van der Waals surface area contributed by atoms with Crippen LogP contribution in [0.1, 0.15) is 64.3 Å². The topological polar surface area (TPSA) is 101 Å². The maximum Gasteiger partial charge on any atom is 0.306 e. The third kappa shape index (κ3) is 6.66. The van der Waals surface area contributed by atoms with E-state index in [9.17, 15) is 23.1 Å². The number of rotatable bonds is 8. The van der Waals surface area contributed by atoms with E-state index in [1.54, 1.807) is 69.3 Å². The molecule has 202 valence electrons. The number of carbonyl (C=O) groups is 2. The van der Waals surface area contributed by atoms with E-state index in [0.717, 1.165) is 0 Å². The number of hydrogen-bond donors (Lipinski definition) is 1. The van der Waals surface area contributed by atoms with Gasteiger partial charge in [-0.2, -0.15) is 0 Å². The van der Waals surface area contributed by atoms with Crippen LogP contribution in [0.15, 0.2) is 48.5 Å². The van der Waals surface area contributed by atoms with Gasteiger partial charge < -0.3 is 14.7 Å². The molecule has 4 atom stereocenters. The average Bonchev–Trinajstić information content (AvgIpc) is 2.78. The summed E-state index contributed by atoms with van der Waals surface area (Å²) in [7, 11) is -3.65. The number of benzene rings is 2. The van der Waals surface area contributed by atoms with Gasteiger partial charge >= 0.3 is 5.97 Å². The first-order valence-corrected chi connectivity index (χ1v) is 14.5. The Kier molecular flexibility index (Phi) is 9.00. The molecule has 1 N–H and O–H groups in total. The molecule has 7 nitrogen and oxygen atoms in total. The van der Waals surface area contributed by atoms with Crippen LogP contribution in [-0.2, 0) is 24.2 Å². The molecule has 1 aliphatic rings. The SMILES string of the molecule is CC(C)[C@H](CS(=O)(=O)C(C)(C)C)N1C(=O)[C@H](CC(=O)O)O[C@H](c2cccc(Cl)c2)[C@H]1c1ccc(Cl)cc1. The van der Waals surface area contributed by atoms with Crippen molar-refractivity contribution in [3.05, 3.63) is 69.7 Å². The van der Waals surface area contributed by atoms with Gasteiger partial charge in [0.1, 0.15) is 12.2 Å². The van der Waals surface area contributed by atoms with E-state index in [2.05, 4.69) is 0 Å². The molecule has 0 spiro atoms. The molecule has 1 amide bonds. The summed E-state index contributed by atoms with van der Waals surface area (Å²) in [5.74, 6) is -2.31. The average molecular weight is 571 g/mol. The second-order valence-corrected chi connectivity index (χ2v) is 14.3. The van der Waals surface area contributed by atoms with Gasteiger partial charge in [-0.05, 0) is 62.1 Å². The van der Waals surface area contributed by atoms with Crippen molar-refractivity contribution >= 4 is 44.9 Å².